The highest BCUT2D eigenvalue weighted by Crippen LogP contribution is 2.38. The Morgan fingerprint density at radius 3 is 2.50 bits per heavy atom. The molecule has 0 fully saturated rings. The van der Waals surface area contributed by atoms with Crippen LogP contribution in [0.15, 0.2) is 36.4 Å². The van der Waals surface area contributed by atoms with Crippen molar-refractivity contribution in [3.8, 4) is 28.7 Å². The highest BCUT2D eigenvalue weighted by atomic mass is 16.7. The maximum Gasteiger partial charge on any atom is 0.231 e. The third-order valence-corrected chi connectivity index (χ3v) is 3.83. The van der Waals surface area contributed by atoms with Crippen LogP contribution in [-0.4, -0.2) is 45.5 Å². The van der Waals surface area contributed by atoms with E-state index in [4.69, 9.17) is 28.4 Å². The van der Waals surface area contributed by atoms with Crippen LogP contribution in [0.5, 0.6) is 28.7 Å². The van der Waals surface area contributed by atoms with Gasteiger partial charge in [0.2, 0.25) is 6.79 Å². The second kappa shape index (κ2) is 9.12. The molecule has 1 heterocycles. The first kappa shape index (κ1) is 19.5. The minimum Gasteiger partial charge on any atom is -0.507 e. The zero-order valence-corrected chi connectivity index (χ0v) is 15.5. The van der Waals surface area contributed by atoms with Gasteiger partial charge in [0.15, 0.2) is 30.9 Å². The van der Waals surface area contributed by atoms with Crippen molar-refractivity contribution in [2.45, 2.75) is 0 Å². The standard InChI is InChI=1S/C20H20O8/c1-23-10-25-14-4-5-15(17(22)8-14)16(21)6-3-13-7-19-20(28-12-27-19)9-18(13)26-11-24-2/h3-9,22H,10-12H2,1-2H3/b6-3+. The number of rotatable bonds is 9. The topological polar surface area (TPSA) is 92.7 Å². The van der Waals surface area contributed by atoms with E-state index in [1.54, 1.807) is 24.3 Å². The number of phenolic OH excluding ortho intramolecular Hbond substituents is 1. The molecule has 0 radical (unpaired) electrons. The molecule has 0 saturated carbocycles. The lowest BCUT2D eigenvalue weighted by Crippen LogP contribution is -2.01. The van der Waals surface area contributed by atoms with E-state index in [2.05, 4.69) is 0 Å². The summed E-state index contributed by atoms with van der Waals surface area (Å²) in [6.45, 7) is 0.204. The Balaban J connectivity index is 1.80. The van der Waals surface area contributed by atoms with Gasteiger partial charge in [0.25, 0.3) is 0 Å². The summed E-state index contributed by atoms with van der Waals surface area (Å²) in [5, 5.41) is 10.1. The minimum atomic E-state index is -0.383. The third kappa shape index (κ3) is 4.54. The molecule has 0 aromatic heterocycles. The van der Waals surface area contributed by atoms with Crippen molar-refractivity contribution in [3.63, 3.8) is 0 Å². The number of carbonyl (C=O) groups is 1. The van der Waals surface area contributed by atoms with Crippen molar-refractivity contribution >= 4 is 11.9 Å². The molecule has 8 nitrogen and oxygen atoms in total. The quantitative estimate of drug-likeness (QED) is 0.398. The molecule has 0 unspecified atom stereocenters. The summed E-state index contributed by atoms with van der Waals surface area (Å²) in [4.78, 5) is 12.5. The third-order valence-electron chi connectivity index (χ3n) is 3.83. The molecule has 1 aliphatic rings. The number of methoxy groups -OCH3 is 2. The van der Waals surface area contributed by atoms with Crippen molar-refractivity contribution in [3.05, 3.63) is 47.5 Å². The van der Waals surface area contributed by atoms with E-state index in [1.165, 1.54) is 32.4 Å². The summed E-state index contributed by atoms with van der Waals surface area (Å²) in [6, 6.07) is 7.79. The zero-order valence-electron chi connectivity index (χ0n) is 15.5. The average Bonchev–Trinajstić information content (AvgIpc) is 3.15. The van der Waals surface area contributed by atoms with Crippen molar-refractivity contribution in [2.75, 3.05) is 34.6 Å². The molecule has 1 N–H and O–H groups in total. The van der Waals surface area contributed by atoms with Gasteiger partial charge in [-0.25, -0.2) is 0 Å². The van der Waals surface area contributed by atoms with E-state index < -0.39 is 0 Å². The lowest BCUT2D eigenvalue weighted by molar-refractivity contribution is 0.0507. The Bertz CT molecular complexity index is 875. The van der Waals surface area contributed by atoms with E-state index >= 15 is 0 Å². The average molecular weight is 388 g/mol. The summed E-state index contributed by atoms with van der Waals surface area (Å²) < 4.78 is 31.2. The summed E-state index contributed by atoms with van der Waals surface area (Å²) in [6.07, 6.45) is 2.91. The van der Waals surface area contributed by atoms with Crippen LogP contribution >= 0.6 is 0 Å². The first-order valence-electron chi connectivity index (χ1n) is 8.35. The van der Waals surface area contributed by atoms with Crippen molar-refractivity contribution in [2.24, 2.45) is 0 Å². The van der Waals surface area contributed by atoms with Crippen LogP contribution in [0.1, 0.15) is 15.9 Å². The molecule has 0 aliphatic carbocycles. The number of hydrogen-bond donors (Lipinski definition) is 1. The summed E-state index contributed by atoms with van der Waals surface area (Å²) in [7, 11) is 3.00. The van der Waals surface area contributed by atoms with Gasteiger partial charge in [0.1, 0.15) is 17.2 Å². The van der Waals surface area contributed by atoms with E-state index in [-0.39, 0.29) is 37.5 Å². The van der Waals surface area contributed by atoms with Crippen molar-refractivity contribution < 1.29 is 38.3 Å². The van der Waals surface area contributed by atoms with Gasteiger partial charge in [0, 0.05) is 31.9 Å². The molecule has 0 spiro atoms. The van der Waals surface area contributed by atoms with Gasteiger partial charge in [-0.15, -0.1) is 0 Å². The lowest BCUT2D eigenvalue weighted by Gasteiger charge is -2.09. The second-order valence-corrected chi connectivity index (χ2v) is 5.72. The maximum atomic E-state index is 12.5. The molecule has 3 rings (SSSR count). The predicted molar refractivity (Wildman–Crippen MR) is 99.0 cm³/mol. The van der Waals surface area contributed by atoms with Crippen molar-refractivity contribution in [1.82, 2.24) is 0 Å². The van der Waals surface area contributed by atoms with Gasteiger partial charge < -0.3 is 33.5 Å². The van der Waals surface area contributed by atoms with Crippen LogP contribution in [0.4, 0.5) is 0 Å². The maximum absolute atomic E-state index is 12.5. The molecule has 2 aromatic rings. The molecule has 8 heteroatoms. The van der Waals surface area contributed by atoms with Gasteiger partial charge in [-0.1, -0.05) is 0 Å². The summed E-state index contributed by atoms with van der Waals surface area (Å²) in [5.74, 6) is 1.41. The molecule has 2 aromatic carbocycles. The Kier molecular flexibility index (Phi) is 6.36. The van der Waals surface area contributed by atoms with Gasteiger partial charge >= 0.3 is 0 Å². The second-order valence-electron chi connectivity index (χ2n) is 5.72. The largest absolute Gasteiger partial charge is 0.507 e. The van der Waals surface area contributed by atoms with Crippen LogP contribution < -0.4 is 18.9 Å². The van der Waals surface area contributed by atoms with E-state index in [9.17, 15) is 9.90 Å². The molecule has 0 amide bonds. The van der Waals surface area contributed by atoms with Gasteiger partial charge in [-0.2, -0.15) is 0 Å². The number of phenols is 1. The normalized spacial score (nSPS) is 12.4. The van der Waals surface area contributed by atoms with E-state index in [0.717, 1.165) is 0 Å². The molecular formula is C20H20O8. The fraction of sp³-hybridized carbons (Fsp3) is 0.250. The number of aromatic hydroxyl groups is 1. The number of allylic oxidation sites excluding steroid dienone is 1. The molecule has 0 bridgehead atoms. The Morgan fingerprint density at radius 2 is 1.79 bits per heavy atom. The smallest absolute Gasteiger partial charge is 0.231 e. The van der Waals surface area contributed by atoms with Crippen LogP contribution in [0.2, 0.25) is 0 Å². The first-order chi connectivity index (χ1) is 13.6. The van der Waals surface area contributed by atoms with Crippen molar-refractivity contribution in [1.29, 1.82) is 0 Å². The molecule has 28 heavy (non-hydrogen) atoms. The fourth-order valence-electron chi connectivity index (χ4n) is 2.51. The number of benzene rings is 2. The summed E-state index contributed by atoms with van der Waals surface area (Å²) in [5.41, 5.74) is 0.746. The Morgan fingerprint density at radius 1 is 1.07 bits per heavy atom. The highest BCUT2D eigenvalue weighted by Gasteiger charge is 2.18. The predicted octanol–water partition coefficient (Wildman–Crippen LogP) is 2.98. The zero-order chi connectivity index (χ0) is 19.9. The van der Waals surface area contributed by atoms with Crippen LogP contribution in [-0.2, 0) is 9.47 Å². The van der Waals surface area contributed by atoms with Gasteiger partial charge in [-0.3, -0.25) is 4.79 Å². The van der Waals surface area contributed by atoms with Crippen LogP contribution in [0.25, 0.3) is 6.08 Å². The molecule has 0 saturated heterocycles. The SMILES string of the molecule is COCOc1ccc(C(=O)/C=C/c2cc3c(cc2OCOC)OCO3)c(O)c1. The lowest BCUT2D eigenvalue weighted by atomic mass is 10.1. The van der Waals surface area contributed by atoms with Crippen LogP contribution in [0.3, 0.4) is 0 Å². The number of hydrogen-bond acceptors (Lipinski definition) is 8. The Hall–Kier alpha value is -3.23. The summed E-state index contributed by atoms with van der Waals surface area (Å²) >= 11 is 0. The van der Waals surface area contributed by atoms with Crippen LogP contribution in [0, 0.1) is 0 Å². The number of fused-ring (bicyclic) bond motifs is 1. The first-order valence-corrected chi connectivity index (χ1v) is 8.35. The monoisotopic (exact) mass is 388 g/mol. The molecule has 1 aliphatic heterocycles. The minimum absolute atomic E-state index is 0.0398. The molecule has 148 valence electrons. The van der Waals surface area contributed by atoms with Gasteiger partial charge in [-0.05, 0) is 30.4 Å². The van der Waals surface area contributed by atoms with E-state index in [1.807, 2.05) is 0 Å². The fourth-order valence-corrected chi connectivity index (χ4v) is 2.51. The molecule has 0 atom stereocenters. The van der Waals surface area contributed by atoms with Gasteiger partial charge in [0.05, 0.1) is 5.56 Å². The number of ether oxygens (including phenoxy) is 6. The van der Waals surface area contributed by atoms with E-state index in [0.29, 0.717) is 28.6 Å². The highest BCUT2D eigenvalue weighted by molar-refractivity contribution is 6.08. The Labute approximate surface area is 161 Å². The number of ketones is 1. The number of carbonyl (C=O) groups excluding carboxylic acids is 1. The molecular weight excluding hydrogens is 368 g/mol.